The van der Waals surface area contributed by atoms with Crippen LogP contribution in [-0.4, -0.2) is 21.6 Å². The van der Waals surface area contributed by atoms with Gasteiger partial charge in [-0.15, -0.1) is 0 Å². The second kappa shape index (κ2) is 8.47. The Morgan fingerprint density at radius 3 is 2.45 bits per heavy atom. The van der Waals surface area contributed by atoms with Crippen LogP contribution in [0.4, 0.5) is 19.0 Å². The van der Waals surface area contributed by atoms with Crippen LogP contribution in [0, 0.1) is 11.3 Å². The lowest BCUT2D eigenvalue weighted by atomic mass is 10.1. The van der Waals surface area contributed by atoms with Gasteiger partial charge in [-0.25, -0.2) is 9.97 Å². The average molecular weight is 419 g/mol. The zero-order valence-electron chi connectivity index (χ0n) is 14.8. The predicted molar refractivity (Wildman–Crippen MR) is 102 cm³/mol. The van der Waals surface area contributed by atoms with Crippen LogP contribution in [0.15, 0.2) is 54.6 Å². The van der Waals surface area contributed by atoms with E-state index in [4.69, 9.17) is 16.9 Å². The zero-order valence-corrected chi connectivity index (χ0v) is 15.5. The van der Waals surface area contributed by atoms with E-state index >= 15 is 0 Å². The molecule has 3 rings (SSSR count). The number of hydrogen-bond donors (Lipinski definition) is 2. The molecule has 0 saturated heterocycles. The van der Waals surface area contributed by atoms with Gasteiger partial charge in [-0.05, 0) is 17.7 Å². The zero-order chi connectivity index (χ0) is 21.0. The highest BCUT2D eigenvalue weighted by molar-refractivity contribution is 6.31. The molecular formula is C20H14ClF3N4O. The van der Waals surface area contributed by atoms with Crippen LogP contribution in [0.3, 0.4) is 0 Å². The second-order valence-corrected chi connectivity index (χ2v) is 6.48. The molecule has 9 heteroatoms. The van der Waals surface area contributed by atoms with Gasteiger partial charge in [0.1, 0.15) is 11.9 Å². The molecule has 0 aliphatic carbocycles. The summed E-state index contributed by atoms with van der Waals surface area (Å²) in [4.78, 5) is 8.04. The molecule has 2 N–H and O–H groups in total. The van der Waals surface area contributed by atoms with Crippen LogP contribution in [0.2, 0.25) is 5.02 Å². The molecule has 0 aliphatic rings. The lowest BCUT2D eigenvalue weighted by Gasteiger charge is -2.14. The van der Waals surface area contributed by atoms with Crippen LogP contribution in [-0.2, 0) is 6.18 Å². The van der Waals surface area contributed by atoms with Crippen molar-refractivity contribution in [2.75, 3.05) is 11.9 Å². The van der Waals surface area contributed by atoms with Gasteiger partial charge in [0.15, 0.2) is 0 Å². The third kappa shape index (κ3) is 5.02. The van der Waals surface area contributed by atoms with Crippen molar-refractivity contribution in [3.05, 3.63) is 76.6 Å². The summed E-state index contributed by atoms with van der Waals surface area (Å²) in [5, 5.41) is 21.9. The van der Waals surface area contributed by atoms with E-state index in [1.807, 2.05) is 12.1 Å². The molecule has 3 aromatic rings. The van der Waals surface area contributed by atoms with Crippen molar-refractivity contribution in [1.82, 2.24) is 9.97 Å². The highest BCUT2D eigenvalue weighted by Crippen LogP contribution is 2.36. The van der Waals surface area contributed by atoms with Gasteiger partial charge in [-0.2, -0.15) is 18.4 Å². The number of aromatic nitrogens is 2. The average Bonchev–Trinajstić information content (AvgIpc) is 2.71. The van der Waals surface area contributed by atoms with E-state index in [1.165, 1.54) is 12.1 Å². The molecule has 0 fully saturated rings. The summed E-state index contributed by atoms with van der Waals surface area (Å²) < 4.78 is 38.7. The fourth-order valence-corrected chi connectivity index (χ4v) is 2.92. The van der Waals surface area contributed by atoms with Gasteiger partial charge < -0.3 is 10.4 Å². The summed E-state index contributed by atoms with van der Waals surface area (Å²) in [5.74, 6) is 0.0766. The van der Waals surface area contributed by atoms with Gasteiger partial charge in [0, 0.05) is 18.2 Å². The fourth-order valence-electron chi connectivity index (χ4n) is 2.63. The maximum absolute atomic E-state index is 12.9. The molecule has 2 aromatic carbocycles. The number of halogens is 4. The van der Waals surface area contributed by atoms with Gasteiger partial charge in [-0.1, -0.05) is 48.0 Å². The molecule has 0 radical (unpaired) electrons. The highest BCUT2D eigenvalue weighted by Gasteiger charge is 2.33. The molecule has 1 atom stereocenters. The minimum atomic E-state index is -4.57. The van der Waals surface area contributed by atoms with E-state index in [0.29, 0.717) is 11.1 Å². The molecule has 0 spiro atoms. The number of nitrogens with one attached hydrogen (secondary N) is 1. The normalized spacial score (nSPS) is 12.3. The summed E-state index contributed by atoms with van der Waals surface area (Å²) in [6, 6.07) is 15.4. The largest absolute Gasteiger partial charge is 0.417 e. The molecule has 5 nitrogen and oxygen atoms in total. The van der Waals surface area contributed by atoms with E-state index in [9.17, 15) is 18.3 Å². The van der Waals surface area contributed by atoms with Gasteiger partial charge in [0.2, 0.25) is 5.82 Å². The molecule has 0 saturated carbocycles. The van der Waals surface area contributed by atoms with Crippen molar-refractivity contribution in [2.24, 2.45) is 0 Å². The molecule has 148 valence electrons. The Morgan fingerprint density at radius 1 is 1.10 bits per heavy atom. The smallest absolute Gasteiger partial charge is 0.387 e. The SMILES string of the molecule is N#Cc1nc(NCC(O)c2ccccc2)cc(-c2ccc(C(F)(F)F)c(Cl)c2)n1. The van der Waals surface area contributed by atoms with Crippen LogP contribution in [0.5, 0.6) is 0 Å². The lowest BCUT2D eigenvalue weighted by molar-refractivity contribution is -0.137. The molecule has 1 aromatic heterocycles. The number of aliphatic hydroxyl groups is 1. The maximum atomic E-state index is 12.9. The van der Waals surface area contributed by atoms with Crippen molar-refractivity contribution >= 4 is 17.4 Å². The summed E-state index contributed by atoms with van der Waals surface area (Å²) in [6.07, 6.45) is -5.39. The Bertz CT molecular complexity index is 1050. The number of benzene rings is 2. The second-order valence-electron chi connectivity index (χ2n) is 6.07. The summed E-state index contributed by atoms with van der Waals surface area (Å²) in [7, 11) is 0. The standard InChI is InChI=1S/C20H14ClF3N4O/c21-15-8-13(6-7-14(15)20(22,23)24)16-9-18(28-19(10-25)27-16)26-11-17(29)12-4-2-1-3-5-12/h1-9,17,29H,11H2,(H,26,27,28). The Balaban J connectivity index is 1.86. The Morgan fingerprint density at radius 2 is 1.83 bits per heavy atom. The molecular weight excluding hydrogens is 405 g/mol. The first-order valence-corrected chi connectivity index (χ1v) is 8.79. The Labute approximate surface area is 169 Å². The molecule has 29 heavy (non-hydrogen) atoms. The third-order valence-corrected chi connectivity index (χ3v) is 4.37. The van der Waals surface area contributed by atoms with Crippen LogP contribution >= 0.6 is 11.6 Å². The maximum Gasteiger partial charge on any atom is 0.417 e. The number of aliphatic hydroxyl groups excluding tert-OH is 1. The number of anilines is 1. The topological polar surface area (TPSA) is 81.8 Å². The molecule has 0 bridgehead atoms. The first-order valence-electron chi connectivity index (χ1n) is 8.41. The first-order chi connectivity index (χ1) is 13.8. The van der Waals surface area contributed by atoms with Crippen LogP contribution in [0.1, 0.15) is 23.1 Å². The van der Waals surface area contributed by atoms with E-state index in [2.05, 4.69) is 15.3 Å². The minimum Gasteiger partial charge on any atom is -0.387 e. The molecule has 0 aliphatic heterocycles. The number of alkyl halides is 3. The summed E-state index contributed by atoms with van der Waals surface area (Å²) >= 11 is 5.77. The van der Waals surface area contributed by atoms with Gasteiger partial charge >= 0.3 is 6.18 Å². The number of hydrogen-bond acceptors (Lipinski definition) is 5. The Hall–Kier alpha value is -3.15. The number of nitrogens with zero attached hydrogens (tertiary/aromatic N) is 3. The highest BCUT2D eigenvalue weighted by atomic mass is 35.5. The fraction of sp³-hybridized carbons (Fsp3) is 0.150. The van der Waals surface area contributed by atoms with Crippen molar-refractivity contribution in [2.45, 2.75) is 12.3 Å². The van der Waals surface area contributed by atoms with Crippen LogP contribution in [0.25, 0.3) is 11.3 Å². The summed E-state index contributed by atoms with van der Waals surface area (Å²) in [6.45, 7) is 0.110. The van der Waals surface area contributed by atoms with Gasteiger partial charge in [0.25, 0.3) is 0 Å². The van der Waals surface area contributed by atoms with E-state index in [-0.39, 0.29) is 23.9 Å². The van der Waals surface area contributed by atoms with E-state index in [1.54, 1.807) is 24.3 Å². The van der Waals surface area contributed by atoms with E-state index < -0.39 is 22.9 Å². The Kier molecular flexibility index (Phi) is 6.01. The van der Waals surface area contributed by atoms with Gasteiger partial charge in [0.05, 0.1) is 22.4 Å². The third-order valence-electron chi connectivity index (χ3n) is 4.06. The van der Waals surface area contributed by atoms with Crippen molar-refractivity contribution in [3.63, 3.8) is 0 Å². The summed E-state index contributed by atoms with van der Waals surface area (Å²) in [5.41, 5.74) is 0.267. The first kappa shape index (κ1) is 20.6. The number of nitriles is 1. The number of rotatable bonds is 5. The van der Waals surface area contributed by atoms with Crippen molar-refractivity contribution < 1.29 is 18.3 Å². The van der Waals surface area contributed by atoms with Crippen LogP contribution < -0.4 is 5.32 Å². The predicted octanol–water partition coefficient (Wildman–Crippen LogP) is 4.83. The quantitative estimate of drug-likeness (QED) is 0.620. The van der Waals surface area contributed by atoms with Gasteiger partial charge in [-0.3, -0.25) is 0 Å². The van der Waals surface area contributed by atoms with E-state index in [0.717, 1.165) is 12.1 Å². The van der Waals surface area contributed by atoms with Crippen molar-refractivity contribution in [3.8, 4) is 17.3 Å². The molecule has 1 heterocycles. The monoisotopic (exact) mass is 418 g/mol. The molecule has 0 amide bonds. The minimum absolute atomic E-state index is 0.110. The van der Waals surface area contributed by atoms with Crippen molar-refractivity contribution in [1.29, 1.82) is 5.26 Å². The molecule has 1 unspecified atom stereocenters. The lowest BCUT2D eigenvalue weighted by Crippen LogP contribution is -2.13.